The number of aromatic amines is 1. The molecule has 0 radical (unpaired) electrons. The summed E-state index contributed by atoms with van der Waals surface area (Å²) in [6.45, 7) is 1.000. The van der Waals surface area contributed by atoms with Crippen molar-refractivity contribution in [3.8, 4) is 11.5 Å². The molecule has 7 nitrogen and oxygen atoms in total. The minimum atomic E-state index is -0.590. The third kappa shape index (κ3) is 2.45. The molecule has 0 fully saturated rings. The van der Waals surface area contributed by atoms with Gasteiger partial charge in [0.1, 0.15) is 13.2 Å². The first-order valence-electron chi connectivity index (χ1n) is 7.40. The summed E-state index contributed by atoms with van der Waals surface area (Å²) in [4.78, 5) is 27.1. The monoisotopic (exact) mass is 323 g/mol. The molecule has 3 aromatic rings. The molecule has 120 valence electrons. The highest BCUT2D eigenvalue weighted by Crippen LogP contribution is 2.30. The molecule has 0 bridgehead atoms. The first-order valence-corrected chi connectivity index (χ1v) is 7.40. The number of H-pyrrole nitrogens is 1. The maximum absolute atomic E-state index is 12.4. The van der Waals surface area contributed by atoms with Crippen molar-refractivity contribution >= 4 is 17.1 Å². The van der Waals surface area contributed by atoms with E-state index in [1.807, 2.05) is 0 Å². The largest absolute Gasteiger partial charge is 0.486 e. The maximum Gasteiger partial charge on any atom is 0.349 e. The van der Waals surface area contributed by atoms with E-state index in [0.717, 1.165) is 4.68 Å². The number of benzene rings is 2. The highest BCUT2D eigenvalue weighted by Gasteiger charge is 2.11. The Labute approximate surface area is 135 Å². The molecule has 1 aliphatic rings. The van der Waals surface area contributed by atoms with Crippen LogP contribution in [0.3, 0.4) is 0 Å². The summed E-state index contributed by atoms with van der Waals surface area (Å²) in [6, 6.07) is 12.1. The first kappa shape index (κ1) is 14.3. The van der Waals surface area contributed by atoms with Gasteiger partial charge in [0.25, 0.3) is 5.56 Å². The van der Waals surface area contributed by atoms with Gasteiger partial charge in [-0.2, -0.15) is 5.10 Å². The molecule has 4 rings (SSSR count). The van der Waals surface area contributed by atoms with Gasteiger partial charge in [0.05, 0.1) is 17.1 Å². The molecule has 0 spiro atoms. The van der Waals surface area contributed by atoms with Crippen molar-refractivity contribution in [3.05, 3.63) is 68.9 Å². The van der Waals surface area contributed by atoms with Crippen LogP contribution in [0.25, 0.3) is 10.9 Å². The van der Waals surface area contributed by atoms with Gasteiger partial charge < -0.3 is 14.5 Å². The summed E-state index contributed by atoms with van der Waals surface area (Å²) in [5.41, 5.74) is 0.118. The molecule has 0 saturated heterocycles. The molecule has 0 unspecified atom stereocenters. The molecule has 0 atom stereocenters. The molecule has 7 heteroatoms. The highest BCUT2D eigenvalue weighted by molar-refractivity contribution is 5.81. The fourth-order valence-corrected chi connectivity index (χ4v) is 2.52. The van der Waals surface area contributed by atoms with E-state index in [0.29, 0.717) is 41.2 Å². The fraction of sp³-hybridized carbons (Fsp3) is 0.118. The van der Waals surface area contributed by atoms with Crippen LogP contribution in [0.4, 0.5) is 0 Å². The molecular weight excluding hydrogens is 310 g/mol. The molecule has 24 heavy (non-hydrogen) atoms. The topological polar surface area (TPSA) is 85.7 Å². The van der Waals surface area contributed by atoms with Gasteiger partial charge >= 0.3 is 5.69 Å². The summed E-state index contributed by atoms with van der Waals surface area (Å²) < 4.78 is 11.8. The van der Waals surface area contributed by atoms with Crippen LogP contribution in [-0.2, 0) is 0 Å². The molecule has 0 saturated carbocycles. The SMILES string of the molecule is O=c1[nH]c2ccccc2c(=O)n1N=Cc1ccc2c(c1)OCCO2. The molecule has 2 aromatic carbocycles. The normalized spacial score (nSPS) is 13.5. The van der Waals surface area contributed by atoms with Crippen LogP contribution in [0, 0.1) is 0 Å². The van der Waals surface area contributed by atoms with Crippen molar-refractivity contribution in [1.29, 1.82) is 0 Å². The quantitative estimate of drug-likeness (QED) is 0.721. The number of aromatic nitrogens is 2. The lowest BCUT2D eigenvalue weighted by Gasteiger charge is -2.18. The van der Waals surface area contributed by atoms with E-state index in [-0.39, 0.29) is 0 Å². The Balaban J connectivity index is 1.75. The van der Waals surface area contributed by atoms with Gasteiger partial charge in [-0.15, -0.1) is 4.68 Å². The lowest BCUT2D eigenvalue weighted by molar-refractivity contribution is 0.171. The van der Waals surface area contributed by atoms with Crippen LogP contribution in [0.1, 0.15) is 5.56 Å². The smallest absolute Gasteiger partial charge is 0.349 e. The van der Waals surface area contributed by atoms with Gasteiger partial charge in [-0.1, -0.05) is 12.1 Å². The predicted molar refractivity (Wildman–Crippen MR) is 89.3 cm³/mol. The van der Waals surface area contributed by atoms with Crippen LogP contribution >= 0.6 is 0 Å². The third-order valence-electron chi connectivity index (χ3n) is 3.67. The van der Waals surface area contributed by atoms with Crippen molar-refractivity contribution in [2.75, 3.05) is 13.2 Å². The maximum atomic E-state index is 12.4. The van der Waals surface area contributed by atoms with Crippen LogP contribution in [0.2, 0.25) is 0 Å². The molecular formula is C17H13N3O4. The summed E-state index contributed by atoms with van der Waals surface area (Å²) in [5, 5.41) is 4.41. The Bertz CT molecular complexity index is 1070. The van der Waals surface area contributed by atoms with Crippen LogP contribution in [-0.4, -0.2) is 29.1 Å². The van der Waals surface area contributed by atoms with E-state index in [9.17, 15) is 9.59 Å². The number of fused-ring (bicyclic) bond motifs is 2. The van der Waals surface area contributed by atoms with Gasteiger partial charge in [0.2, 0.25) is 0 Å². The van der Waals surface area contributed by atoms with E-state index < -0.39 is 11.2 Å². The Morgan fingerprint density at radius 1 is 1.04 bits per heavy atom. The number of hydrogen-bond acceptors (Lipinski definition) is 5. The minimum Gasteiger partial charge on any atom is -0.486 e. The number of nitrogens with zero attached hydrogens (tertiary/aromatic N) is 2. The van der Waals surface area contributed by atoms with Crippen molar-refractivity contribution in [2.45, 2.75) is 0 Å². The predicted octanol–water partition coefficient (Wildman–Crippen LogP) is 1.34. The summed E-state index contributed by atoms with van der Waals surface area (Å²) in [5.74, 6) is 1.28. The second-order valence-electron chi connectivity index (χ2n) is 5.24. The number of para-hydroxylation sites is 1. The zero-order chi connectivity index (χ0) is 16.5. The molecule has 1 aliphatic heterocycles. The van der Waals surface area contributed by atoms with Crippen LogP contribution in [0.5, 0.6) is 11.5 Å². The first-order chi connectivity index (χ1) is 11.7. The van der Waals surface area contributed by atoms with E-state index in [4.69, 9.17) is 9.47 Å². The molecule has 1 N–H and O–H groups in total. The van der Waals surface area contributed by atoms with Gasteiger partial charge in [-0.25, -0.2) is 4.79 Å². The Hall–Kier alpha value is -3.35. The number of rotatable bonds is 2. The van der Waals surface area contributed by atoms with Crippen LogP contribution in [0.15, 0.2) is 57.2 Å². The summed E-state index contributed by atoms with van der Waals surface area (Å²) in [6.07, 6.45) is 1.43. The number of nitrogens with one attached hydrogen (secondary N) is 1. The summed E-state index contributed by atoms with van der Waals surface area (Å²) >= 11 is 0. The molecule has 0 amide bonds. The second-order valence-corrected chi connectivity index (χ2v) is 5.24. The third-order valence-corrected chi connectivity index (χ3v) is 3.67. The van der Waals surface area contributed by atoms with E-state index in [1.54, 1.807) is 42.5 Å². The highest BCUT2D eigenvalue weighted by atomic mass is 16.6. The lowest BCUT2D eigenvalue weighted by Crippen LogP contribution is -2.32. The Kier molecular flexibility index (Phi) is 3.38. The number of ether oxygens (including phenoxy) is 2. The van der Waals surface area contributed by atoms with E-state index in [2.05, 4.69) is 10.1 Å². The molecule has 2 heterocycles. The zero-order valence-electron chi connectivity index (χ0n) is 12.6. The Morgan fingerprint density at radius 2 is 1.83 bits per heavy atom. The molecule has 1 aromatic heterocycles. The Morgan fingerprint density at radius 3 is 2.71 bits per heavy atom. The zero-order valence-corrected chi connectivity index (χ0v) is 12.6. The fourth-order valence-electron chi connectivity index (χ4n) is 2.52. The average molecular weight is 323 g/mol. The van der Waals surface area contributed by atoms with Crippen LogP contribution < -0.4 is 20.7 Å². The number of hydrogen-bond donors (Lipinski definition) is 1. The summed E-state index contributed by atoms with van der Waals surface area (Å²) in [7, 11) is 0. The van der Waals surface area contributed by atoms with Crippen molar-refractivity contribution in [3.63, 3.8) is 0 Å². The van der Waals surface area contributed by atoms with Gasteiger partial charge in [-0.3, -0.25) is 4.79 Å². The molecule has 0 aliphatic carbocycles. The van der Waals surface area contributed by atoms with Gasteiger partial charge in [0.15, 0.2) is 11.5 Å². The average Bonchev–Trinajstić information content (AvgIpc) is 2.61. The standard InChI is InChI=1S/C17H13N3O4/c21-16-12-3-1-2-4-13(12)19-17(22)20(16)18-10-11-5-6-14-15(9-11)24-8-7-23-14/h1-6,9-10H,7-8H2,(H,19,22). The van der Waals surface area contributed by atoms with Crippen molar-refractivity contribution < 1.29 is 9.47 Å². The second kappa shape index (κ2) is 5.69. The van der Waals surface area contributed by atoms with Gasteiger partial charge in [0, 0.05) is 0 Å². The van der Waals surface area contributed by atoms with E-state index in [1.165, 1.54) is 6.21 Å². The minimum absolute atomic E-state index is 0.399. The lowest BCUT2D eigenvalue weighted by atomic mass is 10.2. The van der Waals surface area contributed by atoms with Crippen molar-refractivity contribution in [2.24, 2.45) is 5.10 Å². The van der Waals surface area contributed by atoms with E-state index >= 15 is 0 Å². The van der Waals surface area contributed by atoms with Crippen molar-refractivity contribution in [1.82, 2.24) is 9.66 Å². The van der Waals surface area contributed by atoms with Gasteiger partial charge in [-0.05, 0) is 35.9 Å².